The molecule has 2 atom stereocenters. The van der Waals surface area contributed by atoms with Crippen molar-refractivity contribution in [3.05, 3.63) is 29.3 Å². The van der Waals surface area contributed by atoms with Gasteiger partial charge in [-0.15, -0.1) is 0 Å². The number of halogens is 1. The number of amides is 3. The molecule has 2 fully saturated rings. The van der Waals surface area contributed by atoms with Crippen LogP contribution in [-0.2, 0) is 14.4 Å². The number of anilines is 1. The molecule has 2 aliphatic rings. The summed E-state index contributed by atoms with van der Waals surface area (Å²) in [6.45, 7) is 0.140. The number of benzene rings is 1. The molecule has 3 amide bonds. The number of para-hydroxylation sites is 1. The first-order valence-electron chi connectivity index (χ1n) is 7.97. The van der Waals surface area contributed by atoms with Gasteiger partial charge in [-0.05, 0) is 25.0 Å². The molecule has 1 aromatic carbocycles. The summed E-state index contributed by atoms with van der Waals surface area (Å²) >= 11 is 5.99. The van der Waals surface area contributed by atoms with Crippen LogP contribution in [0.1, 0.15) is 32.1 Å². The number of hydrogen-bond donors (Lipinski definition) is 1. The van der Waals surface area contributed by atoms with Crippen LogP contribution >= 0.6 is 11.6 Å². The van der Waals surface area contributed by atoms with Crippen LogP contribution in [-0.4, -0.2) is 29.2 Å². The van der Waals surface area contributed by atoms with Gasteiger partial charge >= 0.3 is 0 Å². The van der Waals surface area contributed by atoms with E-state index in [9.17, 15) is 14.4 Å². The number of likely N-dealkylation sites (tertiary alicyclic amines) is 1. The minimum atomic E-state index is -0.256. The number of carbonyl (C=O) groups is 3. The third-order valence-electron chi connectivity index (χ3n) is 4.64. The molecule has 0 bridgehead atoms. The summed E-state index contributed by atoms with van der Waals surface area (Å²) < 4.78 is 0. The van der Waals surface area contributed by atoms with E-state index in [2.05, 4.69) is 5.32 Å². The summed E-state index contributed by atoms with van der Waals surface area (Å²) in [4.78, 5) is 38.0. The van der Waals surface area contributed by atoms with Crippen molar-refractivity contribution in [2.24, 2.45) is 11.8 Å². The fraction of sp³-hybridized carbons (Fsp3) is 0.471. The lowest BCUT2D eigenvalue weighted by atomic mass is 9.81. The molecule has 1 aromatic rings. The second-order valence-electron chi connectivity index (χ2n) is 6.10. The normalized spacial score (nSPS) is 23.8. The summed E-state index contributed by atoms with van der Waals surface area (Å²) in [5, 5.41) is 3.16. The Balaban J connectivity index is 1.58. The van der Waals surface area contributed by atoms with Crippen molar-refractivity contribution >= 4 is 35.0 Å². The zero-order valence-corrected chi connectivity index (χ0v) is 13.5. The predicted molar refractivity (Wildman–Crippen MR) is 86.9 cm³/mol. The van der Waals surface area contributed by atoms with Crippen LogP contribution in [0.25, 0.3) is 0 Å². The summed E-state index contributed by atoms with van der Waals surface area (Å²) in [6, 6.07) is 6.96. The van der Waals surface area contributed by atoms with Crippen molar-refractivity contribution in [2.45, 2.75) is 32.1 Å². The Morgan fingerprint density at radius 3 is 2.35 bits per heavy atom. The molecule has 0 aromatic heterocycles. The molecule has 6 heteroatoms. The Bertz CT molecular complexity index is 622. The van der Waals surface area contributed by atoms with E-state index < -0.39 is 0 Å². The zero-order chi connectivity index (χ0) is 16.4. The molecule has 1 N–H and O–H groups in total. The largest absolute Gasteiger partial charge is 0.325 e. The molecular weight excluding hydrogens is 316 g/mol. The fourth-order valence-corrected chi connectivity index (χ4v) is 3.62. The van der Waals surface area contributed by atoms with Crippen molar-refractivity contribution in [3.63, 3.8) is 0 Å². The lowest BCUT2D eigenvalue weighted by Gasteiger charge is -2.19. The summed E-state index contributed by atoms with van der Waals surface area (Å²) in [6.07, 6.45) is 3.67. The second kappa shape index (κ2) is 6.71. The minimum Gasteiger partial charge on any atom is -0.325 e. The van der Waals surface area contributed by atoms with Gasteiger partial charge in [0.05, 0.1) is 22.5 Å². The van der Waals surface area contributed by atoms with Gasteiger partial charge in [-0.2, -0.15) is 0 Å². The predicted octanol–water partition coefficient (Wildman–Crippen LogP) is 2.84. The molecule has 1 aliphatic heterocycles. The zero-order valence-electron chi connectivity index (χ0n) is 12.8. The van der Waals surface area contributed by atoms with Gasteiger partial charge < -0.3 is 5.32 Å². The maximum atomic E-state index is 12.3. The molecule has 23 heavy (non-hydrogen) atoms. The van der Waals surface area contributed by atoms with E-state index in [0.717, 1.165) is 25.7 Å². The number of nitrogens with one attached hydrogen (secondary N) is 1. The smallest absolute Gasteiger partial charge is 0.233 e. The molecule has 0 unspecified atom stereocenters. The van der Waals surface area contributed by atoms with E-state index in [4.69, 9.17) is 11.6 Å². The summed E-state index contributed by atoms with van der Waals surface area (Å²) in [5.41, 5.74) is 0.534. The van der Waals surface area contributed by atoms with E-state index >= 15 is 0 Å². The molecular formula is C17H19ClN2O3. The number of imide groups is 1. The van der Waals surface area contributed by atoms with Gasteiger partial charge in [0.2, 0.25) is 17.7 Å². The van der Waals surface area contributed by atoms with Crippen LogP contribution in [0.15, 0.2) is 24.3 Å². The van der Waals surface area contributed by atoms with Gasteiger partial charge in [-0.1, -0.05) is 36.6 Å². The Kier molecular flexibility index (Phi) is 4.66. The minimum absolute atomic E-state index is 0.0855. The third-order valence-corrected chi connectivity index (χ3v) is 4.97. The molecule has 1 saturated carbocycles. The van der Waals surface area contributed by atoms with Gasteiger partial charge in [0.25, 0.3) is 0 Å². The van der Waals surface area contributed by atoms with Crippen molar-refractivity contribution in [3.8, 4) is 0 Å². The highest BCUT2D eigenvalue weighted by Gasteiger charge is 2.47. The van der Waals surface area contributed by atoms with Crippen molar-refractivity contribution in [1.82, 2.24) is 4.90 Å². The van der Waals surface area contributed by atoms with E-state index in [0.29, 0.717) is 10.7 Å². The quantitative estimate of drug-likeness (QED) is 0.861. The first-order chi connectivity index (χ1) is 11.1. The highest BCUT2D eigenvalue weighted by molar-refractivity contribution is 6.33. The monoisotopic (exact) mass is 334 g/mol. The SMILES string of the molecule is O=C(CCN1C(=O)[C@H]2CCCC[C@H]2C1=O)Nc1ccccc1Cl. The number of nitrogens with zero attached hydrogens (tertiary/aromatic N) is 1. The average molecular weight is 335 g/mol. The number of fused-ring (bicyclic) bond motifs is 1. The van der Waals surface area contributed by atoms with E-state index in [1.54, 1.807) is 24.3 Å². The van der Waals surface area contributed by atoms with Crippen molar-refractivity contribution in [2.75, 3.05) is 11.9 Å². The molecule has 0 radical (unpaired) electrons. The Hall–Kier alpha value is -1.88. The number of rotatable bonds is 4. The average Bonchev–Trinajstić information content (AvgIpc) is 2.80. The fourth-order valence-electron chi connectivity index (χ4n) is 3.44. The molecule has 5 nitrogen and oxygen atoms in total. The summed E-state index contributed by atoms with van der Waals surface area (Å²) in [5.74, 6) is -0.796. The topological polar surface area (TPSA) is 66.5 Å². The van der Waals surface area contributed by atoms with Crippen LogP contribution in [0.3, 0.4) is 0 Å². The first kappa shape index (κ1) is 16.0. The lowest BCUT2D eigenvalue weighted by molar-refractivity contribution is -0.140. The van der Waals surface area contributed by atoms with E-state index in [-0.39, 0.29) is 42.5 Å². The maximum absolute atomic E-state index is 12.3. The van der Waals surface area contributed by atoms with E-state index in [1.807, 2.05) is 0 Å². The van der Waals surface area contributed by atoms with Gasteiger partial charge in [-0.25, -0.2) is 0 Å². The standard InChI is InChI=1S/C17H19ClN2O3/c18-13-7-3-4-8-14(13)19-15(21)9-10-20-16(22)11-5-1-2-6-12(11)17(20)23/h3-4,7-8,11-12H,1-2,5-6,9-10H2,(H,19,21)/t11-,12+. The van der Waals surface area contributed by atoms with Crippen LogP contribution in [0.5, 0.6) is 0 Å². The molecule has 1 heterocycles. The van der Waals surface area contributed by atoms with E-state index in [1.165, 1.54) is 4.90 Å². The Morgan fingerprint density at radius 2 is 1.74 bits per heavy atom. The van der Waals surface area contributed by atoms with Crippen LogP contribution < -0.4 is 5.32 Å². The van der Waals surface area contributed by atoms with Gasteiger partial charge in [0.1, 0.15) is 0 Å². The molecule has 0 spiro atoms. The summed E-state index contributed by atoms with van der Waals surface area (Å²) in [7, 11) is 0. The molecule has 3 rings (SSSR count). The van der Waals surface area contributed by atoms with Crippen LogP contribution in [0.2, 0.25) is 5.02 Å². The lowest BCUT2D eigenvalue weighted by Crippen LogP contribution is -2.34. The van der Waals surface area contributed by atoms with Crippen LogP contribution in [0.4, 0.5) is 5.69 Å². The third kappa shape index (κ3) is 3.24. The van der Waals surface area contributed by atoms with Gasteiger partial charge in [0.15, 0.2) is 0 Å². The van der Waals surface area contributed by atoms with Crippen molar-refractivity contribution < 1.29 is 14.4 Å². The highest BCUT2D eigenvalue weighted by Crippen LogP contribution is 2.38. The van der Waals surface area contributed by atoms with Gasteiger partial charge in [0, 0.05) is 13.0 Å². The maximum Gasteiger partial charge on any atom is 0.233 e. The number of carbonyl (C=O) groups excluding carboxylic acids is 3. The second-order valence-corrected chi connectivity index (χ2v) is 6.51. The molecule has 1 aliphatic carbocycles. The van der Waals surface area contributed by atoms with Crippen molar-refractivity contribution in [1.29, 1.82) is 0 Å². The Labute approximate surface area is 140 Å². The molecule has 122 valence electrons. The highest BCUT2D eigenvalue weighted by atomic mass is 35.5. The molecule has 1 saturated heterocycles. The van der Waals surface area contributed by atoms with Gasteiger partial charge in [-0.3, -0.25) is 19.3 Å². The Morgan fingerprint density at radius 1 is 1.13 bits per heavy atom. The van der Waals surface area contributed by atoms with Crippen LogP contribution in [0, 0.1) is 11.8 Å². The number of hydrogen-bond acceptors (Lipinski definition) is 3. The first-order valence-corrected chi connectivity index (χ1v) is 8.35.